The minimum absolute atomic E-state index is 0.0542. The molecule has 0 fully saturated rings. The average Bonchev–Trinajstić information content (AvgIpc) is 2.54. The lowest BCUT2D eigenvalue weighted by molar-refractivity contribution is -0.113. The predicted octanol–water partition coefficient (Wildman–Crippen LogP) is 4.79. The first-order valence-corrected chi connectivity index (χ1v) is 8.50. The molecule has 0 aliphatic heterocycles. The van der Waals surface area contributed by atoms with Crippen molar-refractivity contribution in [2.45, 2.75) is 3.93 Å². The molecule has 2 aromatic carbocycles. The van der Waals surface area contributed by atoms with E-state index in [4.69, 9.17) is 11.6 Å². The van der Waals surface area contributed by atoms with Gasteiger partial charge in [-0.2, -0.15) is 8.78 Å². The number of hydrogen-bond acceptors (Lipinski definition) is 3. The molecule has 5 nitrogen and oxygen atoms in total. The number of halogens is 4. The molecule has 0 radical (unpaired) electrons. The van der Waals surface area contributed by atoms with Crippen LogP contribution in [0.25, 0.3) is 0 Å². The van der Waals surface area contributed by atoms with Crippen molar-refractivity contribution in [1.29, 1.82) is 0 Å². The molecule has 0 spiro atoms. The van der Waals surface area contributed by atoms with Crippen molar-refractivity contribution in [3.8, 4) is 0 Å². The molecule has 2 aromatic rings. The minimum Gasteiger partial charge on any atom is -0.478 e. The molecule has 0 saturated heterocycles. The van der Waals surface area contributed by atoms with Crippen LogP contribution in [0.5, 0.6) is 0 Å². The van der Waals surface area contributed by atoms with Gasteiger partial charge in [-0.3, -0.25) is 4.79 Å². The van der Waals surface area contributed by atoms with Crippen LogP contribution >= 0.6 is 34.2 Å². The van der Waals surface area contributed by atoms with Crippen LogP contribution in [0.1, 0.15) is 15.9 Å². The number of carbonyl (C=O) groups excluding carboxylic acids is 1. The molecule has 25 heavy (non-hydrogen) atoms. The second-order valence-corrected chi connectivity index (χ2v) is 6.54. The Morgan fingerprint density at radius 2 is 1.80 bits per heavy atom. The molecule has 132 valence electrons. The van der Waals surface area contributed by atoms with E-state index in [-0.39, 0.29) is 34.1 Å². The number of carboxylic acid groups (broad SMARTS) is 1. The van der Waals surface area contributed by atoms with Crippen molar-refractivity contribution in [2.24, 2.45) is 0 Å². The molecule has 0 heterocycles. The predicted molar refractivity (Wildman–Crippen MR) is 100 cm³/mol. The Kier molecular flexibility index (Phi) is 6.17. The van der Waals surface area contributed by atoms with E-state index in [1.165, 1.54) is 42.5 Å². The summed E-state index contributed by atoms with van der Waals surface area (Å²) in [5, 5.41) is 14.6. The van der Waals surface area contributed by atoms with Crippen molar-refractivity contribution in [1.82, 2.24) is 0 Å². The van der Waals surface area contributed by atoms with E-state index in [0.717, 1.165) is 22.6 Å². The van der Waals surface area contributed by atoms with Gasteiger partial charge in [0.05, 0.1) is 11.4 Å². The summed E-state index contributed by atoms with van der Waals surface area (Å²) >= 11 is 6.43. The Morgan fingerprint density at radius 3 is 2.40 bits per heavy atom. The summed E-state index contributed by atoms with van der Waals surface area (Å²) in [6.07, 6.45) is 0. The molecule has 0 unspecified atom stereocenters. The topological polar surface area (TPSA) is 78.4 Å². The van der Waals surface area contributed by atoms with Gasteiger partial charge in [0.25, 0.3) is 0 Å². The second kappa shape index (κ2) is 7.96. The highest BCUT2D eigenvalue weighted by atomic mass is 127. The zero-order chi connectivity index (χ0) is 18.6. The summed E-state index contributed by atoms with van der Waals surface area (Å²) in [4.78, 5) is 23.0. The van der Waals surface area contributed by atoms with Gasteiger partial charge < -0.3 is 15.7 Å². The molecule has 3 N–H and O–H groups in total. The lowest BCUT2D eigenvalue weighted by atomic mass is 10.1. The van der Waals surface area contributed by atoms with Crippen LogP contribution in [0, 0.1) is 0 Å². The van der Waals surface area contributed by atoms with Gasteiger partial charge in [0, 0.05) is 33.8 Å². The maximum atomic E-state index is 13.4. The van der Waals surface area contributed by atoms with Crippen LogP contribution in [0.3, 0.4) is 0 Å². The fraction of sp³-hybridized carbons (Fsp3) is 0.125. The number of anilines is 3. The summed E-state index contributed by atoms with van der Waals surface area (Å²) in [6, 6.07) is 9.86. The van der Waals surface area contributed by atoms with Crippen LogP contribution in [0.4, 0.5) is 25.8 Å². The van der Waals surface area contributed by atoms with Crippen LogP contribution in [-0.2, 0) is 8.72 Å². The van der Waals surface area contributed by atoms with E-state index in [2.05, 4.69) is 10.6 Å². The van der Waals surface area contributed by atoms with E-state index < -0.39 is 15.8 Å². The van der Waals surface area contributed by atoms with E-state index in [9.17, 15) is 23.5 Å². The monoisotopic (exact) mass is 480 g/mol. The molecular formula is C16H12ClF2IN2O3. The minimum atomic E-state index is -3.05. The molecule has 0 aliphatic rings. The zero-order valence-corrected chi connectivity index (χ0v) is 15.4. The van der Waals surface area contributed by atoms with E-state index in [0.29, 0.717) is 0 Å². The van der Waals surface area contributed by atoms with Gasteiger partial charge in [-0.05, 0) is 24.3 Å². The number of benzene rings is 2. The lowest BCUT2D eigenvalue weighted by Gasteiger charge is -2.15. The van der Waals surface area contributed by atoms with Crippen molar-refractivity contribution in [3.63, 3.8) is 0 Å². The number of amides is 1. The average molecular weight is 481 g/mol. The maximum Gasteiger partial charge on any atom is 0.339 e. The van der Waals surface area contributed by atoms with E-state index in [1.807, 2.05) is 0 Å². The third-order valence-electron chi connectivity index (χ3n) is 3.14. The molecule has 1 amide bonds. The first-order chi connectivity index (χ1) is 11.7. The molecular weight excluding hydrogens is 469 g/mol. The molecule has 0 aromatic heterocycles. The van der Waals surface area contributed by atoms with Gasteiger partial charge in [0.1, 0.15) is 11.4 Å². The highest BCUT2D eigenvalue weighted by Crippen LogP contribution is 2.37. The fourth-order valence-electron chi connectivity index (χ4n) is 2.10. The Bertz CT molecular complexity index is 812. The van der Waals surface area contributed by atoms with Crippen LogP contribution in [0.2, 0.25) is 0 Å². The van der Waals surface area contributed by atoms with Crippen LogP contribution < -0.4 is 10.6 Å². The lowest BCUT2D eigenvalue weighted by Crippen LogP contribution is -2.16. The SMILES string of the molecule is O=C(CCl)Nc1cccc(Nc2cccc(C(F)(F)I)c2)c1C(=O)O. The van der Waals surface area contributed by atoms with Crippen molar-refractivity contribution >= 4 is 63.1 Å². The number of hydrogen-bond donors (Lipinski definition) is 3. The first-order valence-electron chi connectivity index (χ1n) is 6.89. The van der Waals surface area contributed by atoms with Crippen molar-refractivity contribution < 1.29 is 23.5 Å². The number of rotatable bonds is 6. The van der Waals surface area contributed by atoms with E-state index >= 15 is 0 Å². The third-order valence-corrected chi connectivity index (χ3v) is 4.01. The van der Waals surface area contributed by atoms with Crippen LogP contribution in [-0.4, -0.2) is 22.9 Å². The number of aromatic carboxylic acids is 1. The zero-order valence-electron chi connectivity index (χ0n) is 12.5. The summed E-state index contributed by atoms with van der Waals surface area (Å²) in [7, 11) is 0. The number of carbonyl (C=O) groups is 2. The summed E-state index contributed by atoms with van der Waals surface area (Å²) in [5.74, 6) is -2.18. The summed E-state index contributed by atoms with van der Waals surface area (Å²) in [5.41, 5.74) is 0.0682. The van der Waals surface area contributed by atoms with Gasteiger partial charge in [0.15, 0.2) is 0 Å². The largest absolute Gasteiger partial charge is 0.478 e. The highest BCUT2D eigenvalue weighted by molar-refractivity contribution is 14.1. The fourth-order valence-corrected chi connectivity index (χ4v) is 2.51. The summed E-state index contributed by atoms with van der Waals surface area (Å²) < 4.78 is 23.8. The Labute approximate surface area is 160 Å². The second-order valence-electron chi connectivity index (χ2n) is 4.92. The maximum absolute atomic E-state index is 13.4. The normalized spacial score (nSPS) is 11.0. The number of nitrogens with one attached hydrogen (secondary N) is 2. The highest BCUT2D eigenvalue weighted by Gasteiger charge is 2.27. The number of alkyl halides is 4. The molecule has 2 rings (SSSR count). The Morgan fingerprint density at radius 1 is 1.16 bits per heavy atom. The first kappa shape index (κ1) is 19.4. The van der Waals surface area contributed by atoms with Gasteiger partial charge in [-0.1, -0.05) is 18.2 Å². The van der Waals surface area contributed by atoms with Crippen molar-refractivity contribution in [2.75, 3.05) is 16.5 Å². The van der Waals surface area contributed by atoms with Gasteiger partial charge >= 0.3 is 9.90 Å². The molecule has 0 aliphatic carbocycles. The Hall–Kier alpha value is -1.94. The molecule has 0 saturated carbocycles. The quantitative estimate of drug-likeness (QED) is 0.410. The van der Waals surface area contributed by atoms with Gasteiger partial charge in [-0.15, -0.1) is 11.6 Å². The number of carboxylic acids is 1. The Balaban J connectivity index is 2.41. The molecule has 9 heteroatoms. The van der Waals surface area contributed by atoms with E-state index in [1.54, 1.807) is 0 Å². The third kappa shape index (κ3) is 5.02. The molecule has 0 bridgehead atoms. The standard InChI is InChI=1S/C16H12ClF2IN2O3/c17-8-13(23)22-12-6-2-5-11(14(12)15(24)25)21-10-4-1-3-9(7-10)16(18,19)20/h1-7,21H,8H2,(H,22,23)(H,24,25). The van der Waals surface area contributed by atoms with Gasteiger partial charge in [0.2, 0.25) is 5.91 Å². The summed E-state index contributed by atoms with van der Waals surface area (Å²) in [6.45, 7) is 0. The van der Waals surface area contributed by atoms with Crippen molar-refractivity contribution in [3.05, 3.63) is 53.6 Å². The smallest absolute Gasteiger partial charge is 0.339 e. The van der Waals surface area contributed by atoms with Crippen LogP contribution in [0.15, 0.2) is 42.5 Å². The molecule has 0 atom stereocenters. The van der Waals surface area contributed by atoms with Gasteiger partial charge in [-0.25, -0.2) is 4.79 Å².